The summed E-state index contributed by atoms with van der Waals surface area (Å²) < 4.78 is 21.0. The third kappa shape index (κ3) is 4.06. The first kappa shape index (κ1) is 10.7. The first-order valence-corrected chi connectivity index (χ1v) is 5.32. The molecule has 73 valence electrons. The molecule has 0 unspecified atom stereocenters. The van der Waals surface area contributed by atoms with E-state index in [-0.39, 0.29) is 0 Å². The van der Waals surface area contributed by atoms with Crippen molar-refractivity contribution in [3.05, 3.63) is 30.3 Å². The predicted molar refractivity (Wildman–Crippen MR) is 54.3 cm³/mol. The molecule has 0 spiro atoms. The normalized spacial score (nSPS) is 10.6. The van der Waals surface area contributed by atoms with Crippen molar-refractivity contribution in [2.45, 2.75) is 0 Å². The van der Waals surface area contributed by atoms with Gasteiger partial charge in [-0.25, -0.2) is 13.6 Å². The second kappa shape index (κ2) is 4.25. The van der Waals surface area contributed by atoms with E-state index < -0.39 is 15.7 Å². The summed E-state index contributed by atoms with van der Waals surface area (Å²) in [4.78, 5) is 11.0. The van der Waals surface area contributed by atoms with Crippen molar-refractivity contribution in [1.29, 1.82) is 0 Å². The molecule has 0 aliphatic rings. The number of anilines is 1. The largest absolute Gasteiger partial charge is 0.415 e. The van der Waals surface area contributed by atoms with Crippen molar-refractivity contribution in [2.75, 3.05) is 5.32 Å². The highest BCUT2D eigenvalue weighted by Gasteiger charge is 2.15. The van der Waals surface area contributed by atoms with Gasteiger partial charge in [0, 0.05) is 5.69 Å². The molecule has 0 heterocycles. The number of hydrogen-bond donors (Lipinski definition) is 2. The second-order valence-corrected chi connectivity index (χ2v) is 3.98. The molecule has 0 aliphatic heterocycles. The maximum Gasteiger partial charge on any atom is 0.415 e. The number of nitrogens with one attached hydrogen (secondary N) is 1. The van der Waals surface area contributed by atoms with Crippen LogP contribution in [0.2, 0.25) is 0 Å². The van der Waals surface area contributed by atoms with Crippen molar-refractivity contribution >= 4 is 27.9 Å². The zero-order valence-corrected chi connectivity index (χ0v) is 7.99. The van der Waals surface area contributed by atoms with Crippen molar-refractivity contribution < 1.29 is 13.2 Å². The van der Waals surface area contributed by atoms with E-state index in [1.165, 1.54) is 0 Å². The molecular weight excluding hydrogens is 203 g/mol. The zero-order chi connectivity index (χ0) is 10.6. The van der Waals surface area contributed by atoms with Crippen molar-refractivity contribution in [3.63, 3.8) is 0 Å². The predicted octanol–water partition coefficient (Wildman–Crippen LogP) is 0.126. The lowest BCUT2D eigenvalue weighted by Gasteiger charge is -2.01. The van der Waals surface area contributed by atoms with Gasteiger partial charge in [0.1, 0.15) is 0 Å². The summed E-state index contributed by atoms with van der Waals surface area (Å²) in [6, 6.07) is 8.47. The van der Waals surface area contributed by atoms with Crippen molar-refractivity contribution in [2.24, 2.45) is 5.14 Å². The molecule has 0 saturated carbocycles. The molecule has 1 rings (SSSR count). The Balaban J connectivity index is 2.59. The van der Waals surface area contributed by atoms with Gasteiger partial charge in [0.05, 0.1) is 0 Å². The van der Waals surface area contributed by atoms with E-state index in [0.717, 1.165) is 0 Å². The zero-order valence-electron chi connectivity index (χ0n) is 7.17. The molecule has 1 aromatic carbocycles. The molecule has 1 radical (unpaired) electrons. The number of amides is 1. The minimum Gasteiger partial charge on any atom is -0.334 e. The highest BCUT2D eigenvalue weighted by atomic mass is 32.2. The average Bonchev–Trinajstić information content (AvgIpc) is 2.02. The molecule has 0 aliphatic carbocycles. The van der Waals surface area contributed by atoms with Crippen LogP contribution < -0.4 is 10.5 Å². The lowest BCUT2D eigenvalue weighted by molar-refractivity contribution is 0.268. The number of nitrogens with two attached hydrogens (primary N) is 1. The number of carbonyl (C=O) groups is 1. The van der Waals surface area contributed by atoms with Crippen LogP contribution in [0.5, 0.6) is 0 Å². The lowest BCUT2D eigenvalue weighted by Crippen LogP contribution is -2.30. The molecule has 0 atom stereocenters. The van der Waals surface area contributed by atoms with E-state index in [0.29, 0.717) is 12.2 Å². The van der Waals surface area contributed by atoms with Crippen LogP contribution in [-0.4, -0.2) is 20.8 Å². The maximum atomic E-state index is 11.0. The molecule has 1 amide bonds. The summed E-state index contributed by atoms with van der Waals surface area (Å²) in [6.07, 6.45) is 0. The van der Waals surface area contributed by atoms with Gasteiger partial charge in [-0.15, -0.1) is 0 Å². The fourth-order valence-corrected chi connectivity index (χ4v) is 1.20. The summed E-state index contributed by atoms with van der Waals surface area (Å²) in [5, 5.41) is 6.99. The second-order valence-electron chi connectivity index (χ2n) is 2.56. The fourth-order valence-electron chi connectivity index (χ4n) is 0.842. The van der Waals surface area contributed by atoms with Crippen molar-refractivity contribution in [1.82, 2.24) is 0 Å². The Bertz CT molecular complexity index is 418. The molecule has 0 fully saturated rings. The molecule has 14 heavy (non-hydrogen) atoms. The number of hydrogen-bond acceptors (Lipinski definition) is 3. The third-order valence-corrected chi connectivity index (χ3v) is 1.86. The Morgan fingerprint density at radius 1 is 1.29 bits per heavy atom. The molecular formula is C7H8BN2O3S. The Labute approximate surface area is 82.5 Å². The topological polar surface area (TPSA) is 89.3 Å². The number of benzene rings is 1. The van der Waals surface area contributed by atoms with Gasteiger partial charge in [-0.05, 0) is 12.1 Å². The summed E-state index contributed by atoms with van der Waals surface area (Å²) in [5.41, 5.74) is 0.511. The molecule has 3 N–H and O–H groups in total. The van der Waals surface area contributed by atoms with Crippen LogP contribution in [0.15, 0.2) is 30.3 Å². The third-order valence-electron chi connectivity index (χ3n) is 1.31. The minimum absolute atomic E-state index is 0.431. The van der Waals surface area contributed by atoms with Crippen LogP contribution >= 0.6 is 0 Å². The van der Waals surface area contributed by atoms with E-state index in [2.05, 4.69) is 10.5 Å². The summed E-state index contributed by atoms with van der Waals surface area (Å²) >= 11 is 0. The highest BCUT2D eigenvalue weighted by Crippen LogP contribution is 2.04. The Kier molecular flexibility index (Phi) is 3.26. The van der Waals surface area contributed by atoms with E-state index in [9.17, 15) is 13.2 Å². The maximum absolute atomic E-state index is 11.0. The van der Waals surface area contributed by atoms with Gasteiger partial charge in [-0.3, -0.25) is 4.79 Å². The lowest BCUT2D eigenvalue weighted by atomic mass is 10.1. The van der Waals surface area contributed by atoms with Gasteiger partial charge in [0.2, 0.25) is 0 Å². The van der Waals surface area contributed by atoms with Gasteiger partial charge < -0.3 is 5.32 Å². The Morgan fingerprint density at radius 2 is 1.86 bits per heavy atom. The SMILES string of the molecule is NS(=O)(=O)[B]C(=O)Nc1ccccc1. The quantitative estimate of drug-likeness (QED) is 0.696. The summed E-state index contributed by atoms with van der Waals surface area (Å²) in [6.45, 7) is 0.431. The first-order valence-electron chi connectivity index (χ1n) is 3.71. The fraction of sp³-hybridized carbons (Fsp3) is 0. The van der Waals surface area contributed by atoms with Crippen LogP contribution in [0.3, 0.4) is 0 Å². The first-order chi connectivity index (χ1) is 6.47. The number of para-hydroxylation sites is 1. The molecule has 1 aromatic rings. The highest BCUT2D eigenvalue weighted by molar-refractivity contribution is 8.16. The van der Waals surface area contributed by atoms with E-state index in [1.54, 1.807) is 30.3 Å². The minimum atomic E-state index is -3.88. The molecule has 7 heteroatoms. The molecule has 0 saturated heterocycles. The average molecular weight is 211 g/mol. The smallest absolute Gasteiger partial charge is 0.334 e. The Morgan fingerprint density at radius 3 is 2.36 bits per heavy atom. The molecule has 0 bridgehead atoms. The van der Waals surface area contributed by atoms with Crippen LogP contribution in [-0.2, 0) is 9.87 Å². The molecule has 0 aromatic heterocycles. The van der Waals surface area contributed by atoms with Crippen LogP contribution in [0.4, 0.5) is 10.5 Å². The van der Waals surface area contributed by atoms with Crippen molar-refractivity contribution in [3.8, 4) is 0 Å². The van der Waals surface area contributed by atoms with E-state index in [4.69, 9.17) is 0 Å². The van der Waals surface area contributed by atoms with Crippen LogP contribution in [0.1, 0.15) is 0 Å². The van der Waals surface area contributed by atoms with E-state index >= 15 is 0 Å². The van der Waals surface area contributed by atoms with Gasteiger partial charge in [0.15, 0.2) is 15.7 Å². The van der Waals surface area contributed by atoms with Crippen LogP contribution in [0.25, 0.3) is 0 Å². The van der Waals surface area contributed by atoms with E-state index in [1.807, 2.05) is 0 Å². The monoisotopic (exact) mass is 211 g/mol. The Hall–Kier alpha value is -1.34. The van der Waals surface area contributed by atoms with Crippen LogP contribution in [0, 0.1) is 0 Å². The molecule has 5 nitrogen and oxygen atoms in total. The van der Waals surface area contributed by atoms with Gasteiger partial charge >= 0.3 is 6.56 Å². The summed E-state index contributed by atoms with van der Waals surface area (Å²) in [7, 11) is -3.88. The van der Waals surface area contributed by atoms with Gasteiger partial charge in [-0.2, -0.15) is 0 Å². The van der Waals surface area contributed by atoms with Gasteiger partial charge in [0.25, 0.3) is 0 Å². The summed E-state index contributed by atoms with van der Waals surface area (Å²) in [5.74, 6) is -0.765. The number of carbonyl (C=O) groups excluding carboxylic acids is 1. The number of rotatable bonds is 3. The standard InChI is InChI=1S/C7H8BN2O3S/c9-14(12,13)8-7(11)10-6-4-2-1-3-5-6/h1-5H,(H,10,11)(H2,9,12,13). The van der Waals surface area contributed by atoms with Gasteiger partial charge in [-0.1, -0.05) is 18.2 Å².